The van der Waals surface area contributed by atoms with Crippen molar-refractivity contribution in [2.24, 2.45) is 5.92 Å². The van der Waals surface area contributed by atoms with Crippen LogP contribution < -0.4 is 5.32 Å². The third-order valence-corrected chi connectivity index (χ3v) is 5.15. The molecule has 1 aromatic carbocycles. The maximum atomic E-state index is 13.0. The zero-order valence-corrected chi connectivity index (χ0v) is 13.6. The summed E-state index contributed by atoms with van der Waals surface area (Å²) in [5, 5.41) is 2.55. The summed E-state index contributed by atoms with van der Waals surface area (Å²) < 4.78 is 66.6. The molecule has 2 fully saturated rings. The highest BCUT2D eigenvalue weighted by molar-refractivity contribution is 5.94. The molecule has 0 aliphatic heterocycles. The molecule has 0 unspecified atom stereocenters. The number of amides is 1. The molecule has 0 saturated heterocycles. The molecule has 2 aliphatic carbocycles. The van der Waals surface area contributed by atoms with Crippen molar-refractivity contribution >= 4 is 22.9 Å². The number of imidazole rings is 1. The van der Waals surface area contributed by atoms with E-state index in [1.165, 1.54) is 6.07 Å². The van der Waals surface area contributed by atoms with E-state index in [1.54, 1.807) is 4.57 Å². The molecule has 0 spiro atoms. The van der Waals surface area contributed by atoms with Crippen molar-refractivity contribution in [1.29, 1.82) is 0 Å². The van der Waals surface area contributed by atoms with Gasteiger partial charge in [0, 0.05) is 24.8 Å². The number of alkyl halides is 5. The molecule has 2 aromatic rings. The van der Waals surface area contributed by atoms with Crippen LogP contribution in [0.5, 0.6) is 0 Å². The fourth-order valence-corrected chi connectivity index (χ4v) is 3.43. The summed E-state index contributed by atoms with van der Waals surface area (Å²) in [6.45, 7) is 0. The van der Waals surface area contributed by atoms with Crippen LogP contribution >= 0.6 is 0 Å². The van der Waals surface area contributed by atoms with Crippen molar-refractivity contribution in [3.8, 4) is 0 Å². The van der Waals surface area contributed by atoms with Crippen LogP contribution in [0.2, 0.25) is 0 Å². The lowest BCUT2D eigenvalue weighted by molar-refractivity contribution is -0.145. The lowest BCUT2D eigenvalue weighted by Crippen LogP contribution is -2.42. The molecule has 4 nitrogen and oxygen atoms in total. The number of fused-ring (bicyclic) bond motifs is 1. The molecule has 1 N–H and O–H groups in total. The van der Waals surface area contributed by atoms with Gasteiger partial charge in [0.1, 0.15) is 0 Å². The Labute approximate surface area is 145 Å². The number of halogens is 5. The summed E-state index contributed by atoms with van der Waals surface area (Å²) in [5.41, 5.74) is -0.167. The smallest absolute Gasteiger partial charge is 0.307 e. The summed E-state index contributed by atoms with van der Waals surface area (Å²) in [7, 11) is 0. The SMILES string of the molecule is O=C(Nc1nc2ccc(C(F)(F)F)cc2n1C1CCC1)C1CC(F)(F)C1. The van der Waals surface area contributed by atoms with E-state index in [9.17, 15) is 26.7 Å². The standard InChI is InChI=1S/C17H16F5N3O/c18-16(19)7-9(8-16)14(26)24-15-23-12-5-4-10(17(20,21)22)6-13(12)25(15)11-2-1-3-11/h4-6,9,11H,1-3,7-8H2,(H,23,24,26). The maximum absolute atomic E-state index is 13.0. The van der Waals surface area contributed by atoms with Crippen LogP contribution in [0.3, 0.4) is 0 Å². The van der Waals surface area contributed by atoms with Gasteiger partial charge in [-0.25, -0.2) is 13.8 Å². The average molecular weight is 373 g/mol. The molecular weight excluding hydrogens is 357 g/mol. The van der Waals surface area contributed by atoms with E-state index in [0.717, 1.165) is 31.4 Å². The fourth-order valence-electron chi connectivity index (χ4n) is 3.43. The Morgan fingerprint density at radius 3 is 2.46 bits per heavy atom. The second-order valence-electron chi connectivity index (χ2n) is 7.04. The first-order chi connectivity index (χ1) is 12.1. The molecule has 0 radical (unpaired) electrons. The van der Waals surface area contributed by atoms with Crippen LogP contribution in [0, 0.1) is 5.92 Å². The zero-order chi connectivity index (χ0) is 18.7. The zero-order valence-electron chi connectivity index (χ0n) is 13.6. The Hall–Kier alpha value is -2.19. The molecule has 1 heterocycles. The average Bonchev–Trinajstić information content (AvgIpc) is 2.79. The molecule has 0 bridgehead atoms. The van der Waals surface area contributed by atoms with Gasteiger partial charge in [-0.1, -0.05) is 0 Å². The van der Waals surface area contributed by atoms with Crippen molar-refractivity contribution < 1.29 is 26.7 Å². The minimum atomic E-state index is -4.48. The number of nitrogens with zero attached hydrogens (tertiary/aromatic N) is 2. The Morgan fingerprint density at radius 1 is 1.23 bits per heavy atom. The molecule has 1 aromatic heterocycles. The first-order valence-electron chi connectivity index (χ1n) is 8.42. The molecular formula is C17H16F5N3O. The largest absolute Gasteiger partial charge is 0.416 e. The van der Waals surface area contributed by atoms with Crippen LogP contribution in [0.15, 0.2) is 18.2 Å². The van der Waals surface area contributed by atoms with Crippen molar-refractivity contribution in [3.05, 3.63) is 23.8 Å². The van der Waals surface area contributed by atoms with Gasteiger partial charge in [0.15, 0.2) is 0 Å². The summed E-state index contributed by atoms with van der Waals surface area (Å²) in [5.74, 6) is -4.06. The summed E-state index contributed by atoms with van der Waals surface area (Å²) in [6.07, 6.45) is -3.03. The van der Waals surface area contributed by atoms with Crippen molar-refractivity contribution in [2.45, 2.75) is 50.2 Å². The second kappa shape index (κ2) is 5.65. The predicted molar refractivity (Wildman–Crippen MR) is 83.9 cm³/mol. The number of aromatic nitrogens is 2. The van der Waals surface area contributed by atoms with E-state index in [4.69, 9.17) is 0 Å². The van der Waals surface area contributed by atoms with Crippen LogP contribution in [0.1, 0.15) is 43.7 Å². The van der Waals surface area contributed by atoms with E-state index >= 15 is 0 Å². The first-order valence-corrected chi connectivity index (χ1v) is 8.42. The monoisotopic (exact) mass is 373 g/mol. The molecule has 0 atom stereocenters. The Balaban J connectivity index is 1.68. The van der Waals surface area contributed by atoms with Gasteiger partial charge in [0.05, 0.1) is 16.6 Å². The van der Waals surface area contributed by atoms with E-state index in [-0.39, 0.29) is 12.0 Å². The number of anilines is 1. The highest BCUT2D eigenvalue weighted by Crippen LogP contribution is 2.43. The van der Waals surface area contributed by atoms with Crippen molar-refractivity contribution in [2.75, 3.05) is 5.32 Å². The van der Waals surface area contributed by atoms with E-state index in [1.807, 2.05) is 0 Å². The highest BCUT2D eigenvalue weighted by atomic mass is 19.4. The number of benzene rings is 1. The van der Waals surface area contributed by atoms with Crippen LogP contribution in [0.25, 0.3) is 11.0 Å². The molecule has 4 rings (SSSR count). The minimum absolute atomic E-state index is 0.0541. The second-order valence-corrected chi connectivity index (χ2v) is 7.04. The minimum Gasteiger partial charge on any atom is -0.307 e. The third kappa shape index (κ3) is 2.93. The quantitative estimate of drug-likeness (QED) is 0.789. The van der Waals surface area contributed by atoms with E-state index in [2.05, 4.69) is 10.3 Å². The van der Waals surface area contributed by atoms with Gasteiger partial charge in [0.25, 0.3) is 0 Å². The van der Waals surface area contributed by atoms with Gasteiger partial charge in [-0.3, -0.25) is 10.1 Å². The van der Waals surface area contributed by atoms with Crippen LogP contribution in [-0.2, 0) is 11.0 Å². The topological polar surface area (TPSA) is 46.9 Å². The molecule has 2 aliphatic rings. The van der Waals surface area contributed by atoms with E-state index in [0.29, 0.717) is 11.0 Å². The Kier molecular flexibility index (Phi) is 3.75. The number of carbonyl (C=O) groups excluding carboxylic acids is 1. The van der Waals surface area contributed by atoms with Gasteiger partial charge >= 0.3 is 6.18 Å². The predicted octanol–water partition coefficient (Wildman–Crippen LogP) is 4.76. The number of carbonyl (C=O) groups is 1. The van der Waals surface area contributed by atoms with Gasteiger partial charge in [-0.2, -0.15) is 13.2 Å². The van der Waals surface area contributed by atoms with Crippen LogP contribution in [0.4, 0.5) is 27.9 Å². The molecule has 26 heavy (non-hydrogen) atoms. The summed E-state index contributed by atoms with van der Waals surface area (Å²) >= 11 is 0. The number of hydrogen-bond donors (Lipinski definition) is 1. The lowest BCUT2D eigenvalue weighted by atomic mass is 9.81. The van der Waals surface area contributed by atoms with Gasteiger partial charge < -0.3 is 4.57 Å². The normalized spacial score (nSPS) is 20.7. The summed E-state index contributed by atoms with van der Waals surface area (Å²) in [4.78, 5) is 16.4. The molecule has 2 saturated carbocycles. The summed E-state index contributed by atoms with van der Waals surface area (Å²) in [6, 6.07) is 3.17. The molecule has 1 amide bonds. The maximum Gasteiger partial charge on any atom is 0.416 e. The Bertz CT molecular complexity index is 861. The van der Waals surface area contributed by atoms with Crippen LogP contribution in [-0.4, -0.2) is 21.4 Å². The number of rotatable bonds is 3. The number of hydrogen-bond acceptors (Lipinski definition) is 2. The Morgan fingerprint density at radius 2 is 1.92 bits per heavy atom. The lowest BCUT2D eigenvalue weighted by Gasteiger charge is -2.34. The van der Waals surface area contributed by atoms with Crippen molar-refractivity contribution in [1.82, 2.24) is 9.55 Å². The third-order valence-electron chi connectivity index (χ3n) is 5.15. The van der Waals surface area contributed by atoms with E-state index < -0.39 is 42.3 Å². The number of nitrogens with one attached hydrogen (secondary N) is 1. The van der Waals surface area contributed by atoms with Crippen molar-refractivity contribution in [3.63, 3.8) is 0 Å². The van der Waals surface area contributed by atoms with Gasteiger partial charge in [0.2, 0.25) is 17.8 Å². The molecule has 140 valence electrons. The van der Waals surface area contributed by atoms with Gasteiger partial charge in [-0.05, 0) is 37.5 Å². The highest BCUT2D eigenvalue weighted by Gasteiger charge is 2.49. The first kappa shape index (κ1) is 17.2. The van der Waals surface area contributed by atoms with Gasteiger partial charge in [-0.15, -0.1) is 0 Å². The fraction of sp³-hybridized carbons (Fsp3) is 0.529. The molecule has 9 heteroatoms.